The third-order valence-corrected chi connectivity index (χ3v) is 3.36. The second kappa shape index (κ2) is 8.74. The molecule has 2 rings (SSSR count). The minimum absolute atomic E-state index is 0.344. The molecule has 0 aromatic heterocycles. The third-order valence-electron chi connectivity index (χ3n) is 3.11. The summed E-state index contributed by atoms with van der Waals surface area (Å²) in [6.45, 7) is 0. The van der Waals surface area contributed by atoms with Gasteiger partial charge in [0.15, 0.2) is 11.5 Å². The summed E-state index contributed by atoms with van der Waals surface area (Å²) in [5.74, 6) is 0.799. The van der Waals surface area contributed by atoms with E-state index in [1.54, 1.807) is 44.6 Å². The minimum atomic E-state index is -0.344. The molecule has 124 valence electrons. The molecule has 0 saturated carbocycles. The van der Waals surface area contributed by atoms with E-state index in [0.29, 0.717) is 22.1 Å². The molecule has 0 unspecified atom stereocenters. The van der Waals surface area contributed by atoms with Gasteiger partial charge in [-0.15, -0.1) is 0 Å². The van der Waals surface area contributed by atoms with E-state index in [9.17, 15) is 4.79 Å². The van der Waals surface area contributed by atoms with Gasteiger partial charge in [0.2, 0.25) is 0 Å². The molecule has 0 heterocycles. The number of nitrogens with zero attached hydrogens (tertiary/aromatic N) is 1. The van der Waals surface area contributed by atoms with Crippen molar-refractivity contribution in [2.75, 3.05) is 14.2 Å². The number of hydrazone groups is 1. The molecule has 1 amide bonds. The van der Waals surface area contributed by atoms with Gasteiger partial charge < -0.3 is 9.47 Å². The van der Waals surface area contributed by atoms with Crippen LogP contribution in [-0.2, 0) is 4.79 Å². The van der Waals surface area contributed by atoms with Gasteiger partial charge in [-0.3, -0.25) is 4.79 Å². The topological polar surface area (TPSA) is 59.9 Å². The van der Waals surface area contributed by atoms with Crippen LogP contribution in [-0.4, -0.2) is 26.3 Å². The Hall–Kier alpha value is -2.79. The van der Waals surface area contributed by atoms with Crippen LogP contribution in [0, 0.1) is 0 Å². The van der Waals surface area contributed by atoms with Crippen molar-refractivity contribution >= 4 is 29.8 Å². The van der Waals surface area contributed by atoms with E-state index >= 15 is 0 Å². The van der Waals surface area contributed by atoms with E-state index in [0.717, 1.165) is 5.56 Å². The summed E-state index contributed by atoms with van der Waals surface area (Å²) in [5.41, 5.74) is 3.98. The van der Waals surface area contributed by atoms with Gasteiger partial charge in [-0.2, -0.15) is 5.10 Å². The smallest absolute Gasteiger partial charge is 0.264 e. The zero-order valence-corrected chi connectivity index (χ0v) is 14.1. The standard InChI is InChI=1S/C18H17ClN2O3/c1-23-16-5-3-4-14(18(16)24-2)12-20-21-17(22)11-8-13-6-9-15(19)10-7-13/h3-12H,1-2H3,(H,21,22)/b11-8+,20-12-. The molecule has 0 aliphatic heterocycles. The fourth-order valence-electron chi connectivity index (χ4n) is 1.96. The number of methoxy groups -OCH3 is 2. The van der Waals surface area contributed by atoms with E-state index < -0.39 is 0 Å². The molecule has 2 aromatic carbocycles. The van der Waals surface area contributed by atoms with Gasteiger partial charge in [-0.1, -0.05) is 29.8 Å². The summed E-state index contributed by atoms with van der Waals surface area (Å²) in [6.07, 6.45) is 4.56. The van der Waals surface area contributed by atoms with E-state index in [2.05, 4.69) is 10.5 Å². The number of hydrogen-bond acceptors (Lipinski definition) is 4. The molecule has 0 atom stereocenters. The predicted octanol–water partition coefficient (Wildman–Crippen LogP) is 3.52. The van der Waals surface area contributed by atoms with Crippen LogP contribution in [0.15, 0.2) is 53.6 Å². The van der Waals surface area contributed by atoms with Crippen LogP contribution in [0.2, 0.25) is 5.02 Å². The Kier molecular flexibility index (Phi) is 6.40. The van der Waals surface area contributed by atoms with Crippen molar-refractivity contribution in [1.29, 1.82) is 0 Å². The molecular formula is C18H17ClN2O3. The molecule has 0 aliphatic rings. The maximum absolute atomic E-state index is 11.8. The van der Waals surface area contributed by atoms with E-state index in [-0.39, 0.29) is 5.91 Å². The van der Waals surface area contributed by atoms with Gasteiger partial charge in [-0.05, 0) is 35.9 Å². The first kappa shape index (κ1) is 17.6. The van der Waals surface area contributed by atoms with Gasteiger partial charge in [-0.25, -0.2) is 5.43 Å². The first-order valence-electron chi connectivity index (χ1n) is 7.11. The number of benzene rings is 2. The lowest BCUT2D eigenvalue weighted by atomic mass is 10.2. The summed E-state index contributed by atoms with van der Waals surface area (Å²) in [5, 5.41) is 4.57. The van der Waals surface area contributed by atoms with Crippen molar-refractivity contribution in [3.05, 3.63) is 64.7 Å². The average molecular weight is 345 g/mol. The van der Waals surface area contributed by atoms with Crippen molar-refractivity contribution in [1.82, 2.24) is 5.43 Å². The first-order chi connectivity index (χ1) is 11.6. The largest absolute Gasteiger partial charge is 0.493 e. The predicted molar refractivity (Wildman–Crippen MR) is 95.8 cm³/mol. The van der Waals surface area contributed by atoms with Crippen LogP contribution < -0.4 is 14.9 Å². The maximum atomic E-state index is 11.8. The Labute approximate surface area is 145 Å². The molecule has 0 radical (unpaired) electrons. The average Bonchev–Trinajstić information content (AvgIpc) is 2.61. The van der Waals surface area contributed by atoms with Crippen LogP contribution in [0.25, 0.3) is 6.08 Å². The van der Waals surface area contributed by atoms with Crippen LogP contribution in [0.4, 0.5) is 0 Å². The number of ether oxygens (including phenoxy) is 2. The summed E-state index contributed by atoms with van der Waals surface area (Å²) >= 11 is 5.81. The highest BCUT2D eigenvalue weighted by atomic mass is 35.5. The highest BCUT2D eigenvalue weighted by Crippen LogP contribution is 2.29. The second-order valence-corrected chi connectivity index (χ2v) is 5.14. The number of para-hydroxylation sites is 1. The van der Waals surface area contributed by atoms with Crippen LogP contribution in [0.1, 0.15) is 11.1 Å². The van der Waals surface area contributed by atoms with Crippen LogP contribution in [0.3, 0.4) is 0 Å². The van der Waals surface area contributed by atoms with E-state index in [1.807, 2.05) is 18.2 Å². The Morgan fingerprint density at radius 1 is 1.12 bits per heavy atom. The zero-order valence-electron chi connectivity index (χ0n) is 13.3. The normalized spacial score (nSPS) is 11.0. The zero-order chi connectivity index (χ0) is 17.4. The Bertz CT molecular complexity index is 755. The SMILES string of the molecule is COc1cccc(/C=N\NC(=O)/C=C/c2ccc(Cl)cc2)c1OC. The Balaban J connectivity index is 1.98. The maximum Gasteiger partial charge on any atom is 0.264 e. The molecule has 6 heteroatoms. The highest BCUT2D eigenvalue weighted by Gasteiger charge is 2.07. The van der Waals surface area contributed by atoms with Gasteiger partial charge >= 0.3 is 0 Å². The van der Waals surface area contributed by atoms with E-state index in [1.165, 1.54) is 12.3 Å². The lowest BCUT2D eigenvalue weighted by Gasteiger charge is -2.09. The number of carbonyl (C=O) groups is 1. The molecule has 5 nitrogen and oxygen atoms in total. The minimum Gasteiger partial charge on any atom is -0.493 e. The molecule has 0 fully saturated rings. The van der Waals surface area contributed by atoms with Gasteiger partial charge in [0, 0.05) is 16.7 Å². The first-order valence-corrected chi connectivity index (χ1v) is 7.49. The summed E-state index contributed by atoms with van der Waals surface area (Å²) in [7, 11) is 3.10. The molecule has 0 saturated heterocycles. The fraction of sp³-hybridized carbons (Fsp3) is 0.111. The molecule has 1 N–H and O–H groups in total. The monoisotopic (exact) mass is 344 g/mol. The molecule has 2 aromatic rings. The van der Waals surface area contributed by atoms with Crippen LogP contribution >= 0.6 is 11.6 Å². The van der Waals surface area contributed by atoms with Crippen molar-refractivity contribution in [3.8, 4) is 11.5 Å². The molecule has 24 heavy (non-hydrogen) atoms. The molecule has 0 aliphatic carbocycles. The lowest BCUT2D eigenvalue weighted by Crippen LogP contribution is -2.14. The number of halogens is 1. The lowest BCUT2D eigenvalue weighted by molar-refractivity contribution is -0.116. The second-order valence-electron chi connectivity index (χ2n) is 4.70. The van der Waals surface area contributed by atoms with Crippen LogP contribution in [0.5, 0.6) is 11.5 Å². The highest BCUT2D eigenvalue weighted by molar-refractivity contribution is 6.30. The molecule has 0 spiro atoms. The molecular weight excluding hydrogens is 328 g/mol. The van der Waals surface area contributed by atoms with Crippen molar-refractivity contribution < 1.29 is 14.3 Å². The number of amides is 1. The van der Waals surface area contributed by atoms with Crippen molar-refractivity contribution in [3.63, 3.8) is 0 Å². The number of carbonyl (C=O) groups excluding carboxylic acids is 1. The fourth-order valence-corrected chi connectivity index (χ4v) is 2.09. The number of nitrogens with one attached hydrogen (secondary N) is 1. The molecule has 0 bridgehead atoms. The summed E-state index contributed by atoms with van der Waals surface area (Å²) in [4.78, 5) is 11.8. The van der Waals surface area contributed by atoms with Crippen molar-refractivity contribution in [2.24, 2.45) is 5.10 Å². The van der Waals surface area contributed by atoms with E-state index in [4.69, 9.17) is 21.1 Å². The van der Waals surface area contributed by atoms with Crippen molar-refractivity contribution in [2.45, 2.75) is 0 Å². The number of hydrogen-bond donors (Lipinski definition) is 1. The summed E-state index contributed by atoms with van der Waals surface area (Å²) in [6, 6.07) is 12.5. The van der Waals surface area contributed by atoms with Gasteiger partial charge in [0.05, 0.1) is 20.4 Å². The Morgan fingerprint density at radius 2 is 1.88 bits per heavy atom. The Morgan fingerprint density at radius 3 is 2.54 bits per heavy atom. The summed E-state index contributed by atoms with van der Waals surface area (Å²) < 4.78 is 10.5. The van der Waals surface area contributed by atoms with Gasteiger partial charge in [0.1, 0.15) is 0 Å². The quantitative estimate of drug-likeness (QED) is 0.495. The number of rotatable bonds is 6. The third kappa shape index (κ3) is 4.86. The van der Waals surface area contributed by atoms with Gasteiger partial charge in [0.25, 0.3) is 5.91 Å².